The third kappa shape index (κ3) is 1.92. The fraction of sp³-hybridized carbons (Fsp3) is 0.375. The number of nitrogens with zero attached hydrogens (tertiary/aromatic N) is 2. The number of hydrogen-bond donors (Lipinski definition) is 0. The summed E-state index contributed by atoms with van der Waals surface area (Å²) in [6.07, 6.45) is 0.906. The van der Waals surface area contributed by atoms with E-state index >= 15 is 0 Å². The first-order valence-electron chi connectivity index (χ1n) is 6.95. The Labute approximate surface area is 118 Å². The third-order valence-electron chi connectivity index (χ3n) is 3.76. The van der Waals surface area contributed by atoms with Crippen molar-refractivity contribution in [1.29, 1.82) is 0 Å². The Morgan fingerprint density at radius 2 is 2.10 bits per heavy atom. The highest BCUT2D eigenvalue weighted by Crippen LogP contribution is 2.31. The first kappa shape index (κ1) is 12.9. The highest BCUT2D eigenvalue weighted by Gasteiger charge is 2.30. The van der Waals surface area contributed by atoms with Crippen molar-refractivity contribution in [3.8, 4) is 0 Å². The summed E-state index contributed by atoms with van der Waals surface area (Å²) in [6, 6.07) is 8.05. The molecule has 0 radical (unpaired) electrons. The normalized spacial score (nSPS) is 13.9. The minimum atomic E-state index is -0.00241. The molecule has 1 amide bonds. The van der Waals surface area contributed by atoms with Crippen molar-refractivity contribution in [2.24, 2.45) is 0 Å². The summed E-state index contributed by atoms with van der Waals surface area (Å²) in [4.78, 5) is 14.7. The van der Waals surface area contributed by atoms with Crippen molar-refractivity contribution in [2.75, 3.05) is 11.4 Å². The standard InChI is InChI=1S/C16H18N2O2/c1-10(2)15-14(11(3)17-20-15)16(19)18-9-8-12-6-4-5-7-13(12)18/h4-7,10H,8-9H2,1-3H3. The molecular formula is C16H18N2O2. The van der Waals surface area contributed by atoms with E-state index in [1.807, 2.05) is 43.9 Å². The van der Waals surface area contributed by atoms with Gasteiger partial charge in [0.1, 0.15) is 5.56 Å². The van der Waals surface area contributed by atoms with Gasteiger partial charge in [-0.2, -0.15) is 0 Å². The maximum atomic E-state index is 12.8. The number of fused-ring (bicyclic) bond motifs is 1. The second kappa shape index (κ2) is 4.78. The van der Waals surface area contributed by atoms with Gasteiger partial charge in [-0.05, 0) is 25.0 Å². The first-order valence-corrected chi connectivity index (χ1v) is 6.95. The van der Waals surface area contributed by atoms with Gasteiger partial charge in [-0.15, -0.1) is 0 Å². The molecule has 2 aromatic rings. The van der Waals surface area contributed by atoms with E-state index in [1.54, 1.807) is 0 Å². The predicted molar refractivity (Wildman–Crippen MR) is 77.2 cm³/mol. The molecular weight excluding hydrogens is 252 g/mol. The lowest BCUT2D eigenvalue weighted by Crippen LogP contribution is -2.30. The van der Waals surface area contributed by atoms with Crippen LogP contribution in [0.15, 0.2) is 28.8 Å². The van der Waals surface area contributed by atoms with E-state index in [-0.39, 0.29) is 11.8 Å². The summed E-state index contributed by atoms with van der Waals surface area (Å²) in [5, 5.41) is 3.96. The molecule has 1 aliphatic heterocycles. The molecule has 3 rings (SSSR count). The van der Waals surface area contributed by atoms with E-state index in [0.717, 1.165) is 18.7 Å². The SMILES string of the molecule is Cc1noc(C(C)C)c1C(=O)N1CCc2ccccc21. The topological polar surface area (TPSA) is 46.3 Å². The summed E-state index contributed by atoms with van der Waals surface area (Å²) in [6.45, 7) is 6.56. The number of para-hydroxylation sites is 1. The fourth-order valence-electron chi connectivity index (χ4n) is 2.73. The van der Waals surface area contributed by atoms with Crippen LogP contribution in [0.2, 0.25) is 0 Å². The van der Waals surface area contributed by atoms with Crippen LogP contribution in [-0.2, 0) is 6.42 Å². The Hall–Kier alpha value is -2.10. The Balaban J connectivity index is 2.01. The van der Waals surface area contributed by atoms with Gasteiger partial charge in [0.05, 0.1) is 5.69 Å². The van der Waals surface area contributed by atoms with Crippen molar-refractivity contribution in [3.05, 3.63) is 46.8 Å². The second-order valence-electron chi connectivity index (χ2n) is 5.50. The molecule has 0 atom stereocenters. The van der Waals surface area contributed by atoms with Gasteiger partial charge < -0.3 is 9.42 Å². The average Bonchev–Trinajstić information content (AvgIpc) is 3.01. The molecule has 104 valence electrons. The van der Waals surface area contributed by atoms with E-state index in [4.69, 9.17) is 4.52 Å². The molecule has 0 aliphatic carbocycles. The smallest absolute Gasteiger partial charge is 0.263 e. The molecule has 0 saturated carbocycles. The van der Waals surface area contributed by atoms with Crippen LogP contribution in [-0.4, -0.2) is 17.6 Å². The number of aromatic nitrogens is 1. The lowest BCUT2D eigenvalue weighted by Gasteiger charge is -2.17. The van der Waals surface area contributed by atoms with Crippen molar-refractivity contribution in [1.82, 2.24) is 5.16 Å². The zero-order valence-electron chi connectivity index (χ0n) is 12.0. The van der Waals surface area contributed by atoms with Crippen LogP contribution >= 0.6 is 0 Å². The maximum absolute atomic E-state index is 12.8. The fourth-order valence-corrected chi connectivity index (χ4v) is 2.73. The first-order chi connectivity index (χ1) is 9.59. The summed E-state index contributed by atoms with van der Waals surface area (Å²) >= 11 is 0. The van der Waals surface area contributed by atoms with Crippen LogP contribution in [0.25, 0.3) is 0 Å². The predicted octanol–water partition coefficient (Wildman–Crippen LogP) is 3.31. The highest BCUT2D eigenvalue weighted by molar-refractivity contribution is 6.08. The minimum Gasteiger partial charge on any atom is -0.360 e. The number of aryl methyl sites for hydroxylation is 1. The molecule has 0 bridgehead atoms. The van der Waals surface area contributed by atoms with Crippen molar-refractivity contribution in [3.63, 3.8) is 0 Å². The van der Waals surface area contributed by atoms with E-state index < -0.39 is 0 Å². The Bertz CT molecular complexity index is 658. The van der Waals surface area contributed by atoms with E-state index in [9.17, 15) is 4.79 Å². The Morgan fingerprint density at radius 3 is 2.85 bits per heavy atom. The summed E-state index contributed by atoms with van der Waals surface area (Å²) in [5.74, 6) is 0.822. The van der Waals surface area contributed by atoms with Gasteiger partial charge in [0.25, 0.3) is 5.91 Å². The molecule has 0 spiro atoms. The van der Waals surface area contributed by atoms with Crippen molar-refractivity contribution >= 4 is 11.6 Å². The molecule has 0 fully saturated rings. The van der Waals surface area contributed by atoms with Crippen LogP contribution in [0.1, 0.15) is 47.1 Å². The number of hydrogen-bond acceptors (Lipinski definition) is 3. The summed E-state index contributed by atoms with van der Waals surface area (Å²) in [5.41, 5.74) is 3.52. The van der Waals surface area contributed by atoms with Gasteiger partial charge in [0.2, 0.25) is 0 Å². The Kier molecular flexibility index (Phi) is 3.08. The number of amides is 1. The lowest BCUT2D eigenvalue weighted by molar-refractivity contribution is 0.0986. The number of anilines is 1. The van der Waals surface area contributed by atoms with Gasteiger partial charge in [-0.1, -0.05) is 37.2 Å². The minimum absolute atomic E-state index is 0.00241. The number of rotatable bonds is 2. The quantitative estimate of drug-likeness (QED) is 0.841. The van der Waals surface area contributed by atoms with Crippen LogP contribution in [0, 0.1) is 6.92 Å². The van der Waals surface area contributed by atoms with Crippen molar-refractivity contribution < 1.29 is 9.32 Å². The monoisotopic (exact) mass is 270 g/mol. The summed E-state index contributed by atoms with van der Waals surface area (Å²) < 4.78 is 5.33. The average molecular weight is 270 g/mol. The number of carbonyl (C=O) groups excluding carboxylic acids is 1. The van der Waals surface area contributed by atoms with Crippen LogP contribution in [0.5, 0.6) is 0 Å². The van der Waals surface area contributed by atoms with E-state index in [2.05, 4.69) is 11.2 Å². The van der Waals surface area contributed by atoms with E-state index in [0.29, 0.717) is 17.0 Å². The molecule has 0 unspecified atom stereocenters. The summed E-state index contributed by atoms with van der Waals surface area (Å²) in [7, 11) is 0. The van der Waals surface area contributed by atoms with Crippen LogP contribution in [0.4, 0.5) is 5.69 Å². The van der Waals surface area contributed by atoms with E-state index in [1.165, 1.54) is 5.56 Å². The molecule has 1 aliphatic rings. The molecule has 2 heterocycles. The second-order valence-corrected chi connectivity index (χ2v) is 5.50. The number of benzene rings is 1. The van der Waals surface area contributed by atoms with Gasteiger partial charge in [0.15, 0.2) is 5.76 Å². The lowest BCUT2D eigenvalue weighted by atomic mass is 10.0. The van der Waals surface area contributed by atoms with Gasteiger partial charge in [-0.25, -0.2) is 0 Å². The molecule has 1 aromatic carbocycles. The molecule has 0 saturated heterocycles. The molecule has 0 N–H and O–H groups in total. The third-order valence-corrected chi connectivity index (χ3v) is 3.76. The Morgan fingerprint density at radius 1 is 1.35 bits per heavy atom. The molecule has 20 heavy (non-hydrogen) atoms. The molecule has 1 aromatic heterocycles. The molecule has 4 heteroatoms. The zero-order chi connectivity index (χ0) is 14.3. The van der Waals surface area contributed by atoms with Crippen LogP contribution in [0.3, 0.4) is 0 Å². The largest absolute Gasteiger partial charge is 0.360 e. The van der Waals surface area contributed by atoms with Gasteiger partial charge >= 0.3 is 0 Å². The maximum Gasteiger partial charge on any atom is 0.263 e. The zero-order valence-corrected chi connectivity index (χ0v) is 12.0. The van der Waals surface area contributed by atoms with Gasteiger partial charge in [0, 0.05) is 18.2 Å². The number of carbonyl (C=O) groups is 1. The molecule has 4 nitrogen and oxygen atoms in total. The highest BCUT2D eigenvalue weighted by atomic mass is 16.5. The van der Waals surface area contributed by atoms with Gasteiger partial charge in [-0.3, -0.25) is 4.79 Å². The van der Waals surface area contributed by atoms with Crippen molar-refractivity contribution in [2.45, 2.75) is 33.1 Å². The van der Waals surface area contributed by atoms with Crippen LogP contribution < -0.4 is 4.90 Å².